The number of alkyl halides is 3. The molecular weight excluding hydrogens is 407 g/mol. The molecule has 0 bridgehead atoms. The number of aromatic nitrogens is 1. The molecule has 1 N–H and O–H groups in total. The van der Waals surface area contributed by atoms with Crippen LogP contribution in [0.1, 0.15) is 42.2 Å². The average molecular weight is 429 g/mol. The van der Waals surface area contributed by atoms with Crippen LogP contribution < -0.4 is 5.32 Å². The van der Waals surface area contributed by atoms with E-state index in [0.29, 0.717) is 35.9 Å². The second kappa shape index (κ2) is 8.45. The number of oxazole rings is 1. The molecule has 1 aliphatic heterocycles. The second-order valence-electron chi connectivity index (χ2n) is 7.61. The Balaban J connectivity index is 1.51. The van der Waals surface area contributed by atoms with E-state index >= 15 is 0 Å². The summed E-state index contributed by atoms with van der Waals surface area (Å²) in [6.07, 6.45) is -0.291. The number of hydrogen-bond donors (Lipinski definition) is 1. The van der Waals surface area contributed by atoms with E-state index in [1.54, 1.807) is 36.2 Å². The van der Waals surface area contributed by atoms with Gasteiger partial charge in [-0.25, -0.2) is 9.78 Å². The maximum absolute atomic E-state index is 13.0. The summed E-state index contributed by atoms with van der Waals surface area (Å²) < 4.78 is 44.2. The molecule has 0 unspecified atom stereocenters. The van der Waals surface area contributed by atoms with Crippen molar-refractivity contribution in [2.45, 2.75) is 38.4 Å². The van der Waals surface area contributed by atoms with Crippen LogP contribution >= 0.6 is 0 Å². The average Bonchev–Trinajstić information content (AvgIpc) is 3.20. The number of nitrogens with zero attached hydrogens (tertiary/aromatic N) is 2. The van der Waals surface area contributed by atoms with Gasteiger partial charge in [-0.15, -0.1) is 0 Å². The van der Waals surface area contributed by atoms with E-state index in [9.17, 15) is 18.0 Å². The third kappa shape index (κ3) is 4.73. The highest BCUT2D eigenvalue weighted by atomic mass is 19.4. The topological polar surface area (TPSA) is 58.4 Å². The number of likely N-dealkylation sites (tertiary alicyclic amines) is 1. The monoisotopic (exact) mass is 429 g/mol. The summed E-state index contributed by atoms with van der Waals surface area (Å²) in [4.78, 5) is 18.9. The summed E-state index contributed by atoms with van der Waals surface area (Å²) in [6, 6.07) is 11.7. The van der Waals surface area contributed by atoms with E-state index in [-0.39, 0.29) is 12.1 Å². The standard InChI is InChI=1S/C23H22F3N3O2/c1-15-14-27-21(31-15)17-5-4-6-19(13-17)28-22(30)29-12-3-2-7-20(29)16-8-10-18(11-9-16)23(24,25)26/h4-6,8-11,13-14,20H,2-3,7,12H2,1H3,(H,28,30)/t20-/m0/s1. The maximum Gasteiger partial charge on any atom is 0.416 e. The first-order chi connectivity index (χ1) is 14.8. The number of piperidine rings is 1. The van der Waals surface area contributed by atoms with E-state index in [4.69, 9.17) is 4.42 Å². The van der Waals surface area contributed by atoms with E-state index in [1.165, 1.54) is 12.1 Å². The van der Waals surface area contributed by atoms with Gasteiger partial charge in [-0.05, 0) is 62.1 Å². The second-order valence-corrected chi connectivity index (χ2v) is 7.61. The van der Waals surface area contributed by atoms with Crippen molar-refractivity contribution >= 4 is 11.7 Å². The molecule has 0 saturated carbocycles. The summed E-state index contributed by atoms with van der Waals surface area (Å²) in [5, 5.41) is 2.90. The number of halogens is 3. The lowest BCUT2D eigenvalue weighted by atomic mass is 9.95. The van der Waals surface area contributed by atoms with Crippen molar-refractivity contribution in [3.63, 3.8) is 0 Å². The minimum Gasteiger partial charge on any atom is -0.441 e. The summed E-state index contributed by atoms with van der Waals surface area (Å²) in [7, 11) is 0. The van der Waals surface area contributed by atoms with Gasteiger partial charge in [0.2, 0.25) is 5.89 Å². The van der Waals surface area contributed by atoms with Gasteiger partial charge in [-0.2, -0.15) is 13.2 Å². The Morgan fingerprint density at radius 3 is 2.61 bits per heavy atom. The van der Waals surface area contributed by atoms with Gasteiger partial charge >= 0.3 is 12.2 Å². The molecule has 1 aliphatic rings. The van der Waals surface area contributed by atoms with E-state index in [1.807, 2.05) is 6.07 Å². The molecule has 162 valence electrons. The van der Waals surface area contributed by atoms with Crippen molar-refractivity contribution < 1.29 is 22.4 Å². The van der Waals surface area contributed by atoms with Crippen molar-refractivity contribution in [1.82, 2.24) is 9.88 Å². The molecule has 0 aliphatic carbocycles. The van der Waals surface area contributed by atoms with Crippen LogP contribution in [0.5, 0.6) is 0 Å². The van der Waals surface area contributed by atoms with Gasteiger partial charge in [0.1, 0.15) is 5.76 Å². The number of amides is 2. The third-order valence-electron chi connectivity index (χ3n) is 5.37. The van der Waals surface area contributed by atoms with Gasteiger partial charge in [0, 0.05) is 17.8 Å². The molecule has 4 rings (SSSR count). The number of anilines is 1. The molecule has 1 atom stereocenters. The lowest BCUT2D eigenvalue weighted by Gasteiger charge is -2.36. The number of rotatable bonds is 3. The summed E-state index contributed by atoms with van der Waals surface area (Å²) in [5.41, 5.74) is 1.34. The van der Waals surface area contributed by atoms with Crippen LogP contribution in [0.3, 0.4) is 0 Å². The minimum atomic E-state index is -4.38. The Kier molecular flexibility index (Phi) is 5.71. The van der Waals surface area contributed by atoms with Gasteiger partial charge in [-0.1, -0.05) is 18.2 Å². The number of aryl methyl sites for hydroxylation is 1. The summed E-state index contributed by atoms with van der Waals surface area (Å²) >= 11 is 0. The van der Waals surface area contributed by atoms with Gasteiger partial charge in [0.25, 0.3) is 0 Å². The highest BCUT2D eigenvalue weighted by Crippen LogP contribution is 2.34. The number of nitrogens with one attached hydrogen (secondary N) is 1. The van der Waals surface area contributed by atoms with Crippen molar-refractivity contribution in [3.05, 3.63) is 71.6 Å². The van der Waals surface area contributed by atoms with Crippen LogP contribution in [0.2, 0.25) is 0 Å². The largest absolute Gasteiger partial charge is 0.441 e. The number of urea groups is 1. The predicted octanol–water partition coefficient (Wildman–Crippen LogP) is 6.43. The van der Waals surface area contributed by atoms with Crippen LogP contribution in [-0.2, 0) is 6.18 Å². The van der Waals surface area contributed by atoms with Crippen LogP contribution in [-0.4, -0.2) is 22.5 Å². The Hall–Kier alpha value is -3.29. The van der Waals surface area contributed by atoms with E-state index in [0.717, 1.165) is 30.5 Å². The first-order valence-electron chi connectivity index (χ1n) is 10.1. The molecule has 2 heterocycles. The molecule has 8 heteroatoms. The van der Waals surface area contributed by atoms with E-state index < -0.39 is 11.7 Å². The fourth-order valence-electron chi connectivity index (χ4n) is 3.83. The molecule has 2 amide bonds. The van der Waals surface area contributed by atoms with Crippen LogP contribution in [0.4, 0.5) is 23.7 Å². The van der Waals surface area contributed by atoms with Gasteiger partial charge < -0.3 is 14.6 Å². The molecule has 31 heavy (non-hydrogen) atoms. The Labute approximate surface area is 177 Å². The van der Waals surface area contributed by atoms with Gasteiger partial charge in [0.15, 0.2) is 0 Å². The van der Waals surface area contributed by atoms with Gasteiger partial charge in [0.05, 0.1) is 17.8 Å². The quantitative estimate of drug-likeness (QED) is 0.522. The number of carbonyl (C=O) groups is 1. The van der Waals surface area contributed by atoms with Crippen molar-refractivity contribution in [2.24, 2.45) is 0 Å². The van der Waals surface area contributed by atoms with E-state index in [2.05, 4.69) is 10.3 Å². The zero-order chi connectivity index (χ0) is 22.0. The minimum absolute atomic E-state index is 0.270. The molecule has 1 aromatic heterocycles. The van der Waals surface area contributed by atoms with Crippen molar-refractivity contribution in [2.75, 3.05) is 11.9 Å². The Morgan fingerprint density at radius 1 is 1.16 bits per heavy atom. The molecule has 1 saturated heterocycles. The highest BCUT2D eigenvalue weighted by Gasteiger charge is 2.32. The predicted molar refractivity (Wildman–Crippen MR) is 110 cm³/mol. The lowest BCUT2D eigenvalue weighted by Crippen LogP contribution is -2.41. The molecule has 2 aromatic carbocycles. The smallest absolute Gasteiger partial charge is 0.416 e. The van der Waals surface area contributed by atoms with Crippen molar-refractivity contribution in [3.8, 4) is 11.5 Å². The molecule has 5 nitrogen and oxygen atoms in total. The zero-order valence-electron chi connectivity index (χ0n) is 16.9. The van der Waals surface area contributed by atoms with Gasteiger partial charge in [-0.3, -0.25) is 0 Å². The van der Waals surface area contributed by atoms with Crippen LogP contribution in [0.15, 0.2) is 59.1 Å². The fraction of sp³-hybridized carbons (Fsp3) is 0.304. The number of hydrogen-bond acceptors (Lipinski definition) is 3. The Morgan fingerprint density at radius 2 is 1.94 bits per heavy atom. The summed E-state index contributed by atoms with van der Waals surface area (Å²) in [6.45, 7) is 2.34. The van der Waals surface area contributed by atoms with Crippen LogP contribution in [0, 0.1) is 6.92 Å². The molecule has 1 fully saturated rings. The SMILES string of the molecule is Cc1cnc(-c2cccc(NC(=O)N3CCCC[C@H]3c3ccc(C(F)(F)F)cc3)c2)o1. The molecular formula is C23H22F3N3O2. The molecule has 0 radical (unpaired) electrons. The molecule has 3 aromatic rings. The Bertz CT molecular complexity index is 1060. The normalized spacial score (nSPS) is 16.9. The zero-order valence-corrected chi connectivity index (χ0v) is 16.9. The first kappa shape index (κ1) is 21.0. The fourth-order valence-corrected chi connectivity index (χ4v) is 3.83. The lowest BCUT2D eigenvalue weighted by molar-refractivity contribution is -0.137. The van der Waals surface area contributed by atoms with Crippen molar-refractivity contribution in [1.29, 1.82) is 0 Å². The van der Waals surface area contributed by atoms with Crippen LogP contribution in [0.25, 0.3) is 11.5 Å². The number of carbonyl (C=O) groups excluding carboxylic acids is 1. The first-order valence-corrected chi connectivity index (χ1v) is 10.1. The molecule has 0 spiro atoms. The number of benzene rings is 2. The highest BCUT2D eigenvalue weighted by molar-refractivity contribution is 5.90. The maximum atomic E-state index is 13.0. The summed E-state index contributed by atoms with van der Waals surface area (Å²) in [5.74, 6) is 1.16. The third-order valence-corrected chi connectivity index (χ3v) is 5.37.